The summed E-state index contributed by atoms with van der Waals surface area (Å²) in [7, 11) is 1.40. The topological polar surface area (TPSA) is 49.9 Å². The molecular weight excluding hydrogens is 268 g/mol. The van der Waals surface area contributed by atoms with Gasteiger partial charge in [0.2, 0.25) is 0 Å². The summed E-state index contributed by atoms with van der Waals surface area (Å²) in [4.78, 5) is 27.8. The van der Waals surface area contributed by atoms with Gasteiger partial charge in [0.1, 0.15) is 0 Å². The summed E-state index contributed by atoms with van der Waals surface area (Å²) < 4.78 is 4.66. The second-order valence-electron chi connectivity index (χ2n) is 5.34. The highest BCUT2D eigenvalue weighted by molar-refractivity contribution is 5.94. The van der Waals surface area contributed by atoms with E-state index in [0.717, 1.165) is 18.7 Å². The van der Waals surface area contributed by atoms with Crippen LogP contribution in [0.15, 0.2) is 30.3 Å². The lowest BCUT2D eigenvalue weighted by atomic mass is 10.1. The molecule has 0 aliphatic carbocycles. The van der Waals surface area contributed by atoms with Crippen LogP contribution in [0, 0.1) is 0 Å². The summed E-state index contributed by atoms with van der Waals surface area (Å²) >= 11 is 0. The monoisotopic (exact) mass is 290 g/mol. The van der Waals surface area contributed by atoms with Crippen LogP contribution in [0.5, 0.6) is 0 Å². The standard InChI is InChI=1S/C16H22N2O3/c1-13-12-17(9-8-15(19)21-2)10-11-18(13)16(20)14-6-4-3-5-7-14/h3-7,13H,8-12H2,1-2H3. The maximum absolute atomic E-state index is 12.5. The maximum atomic E-state index is 12.5. The number of rotatable bonds is 4. The Bertz CT molecular complexity index is 490. The van der Waals surface area contributed by atoms with Gasteiger partial charge in [-0.3, -0.25) is 14.5 Å². The van der Waals surface area contributed by atoms with E-state index >= 15 is 0 Å². The van der Waals surface area contributed by atoms with Gasteiger partial charge in [-0.15, -0.1) is 0 Å². The zero-order valence-corrected chi connectivity index (χ0v) is 12.6. The smallest absolute Gasteiger partial charge is 0.306 e. The van der Waals surface area contributed by atoms with Gasteiger partial charge in [-0.05, 0) is 19.1 Å². The summed E-state index contributed by atoms with van der Waals surface area (Å²) in [5, 5.41) is 0. The van der Waals surface area contributed by atoms with Crippen molar-refractivity contribution in [2.75, 3.05) is 33.3 Å². The number of esters is 1. The first-order chi connectivity index (χ1) is 10.1. The number of carbonyl (C=O) groups excluding carboxylic acids is 2. The molecule has 1 aromatic rings. The third kappa shape index (κ3) is 4.04. The van der Waals surface area contributed by atoms with Gasteiger partial charge < -0.3 is 9.64 Å². The zero-order chi connectivity index (χ0) is 15.2. The summed E-state index contributed by atoms with van der Waals surface area (Å²) in [6, 6.07) is 9.50. The summed E-state index contributed by atoms with van der Waals surface area (Å²) in [5.74, 6) is -0.110. The first kappa shape index (κ1) is 15.5. The van der Waals surface area contributed by atoms with Crippen molar-refractivity contribution in [1.29, 1.82) is 0 Å². The average molecular weight is 290 g/mol. The van der Waals surface area contributed by atoms with E-state index in [2.05, 4.69) is 9.64 Å². The van der Waals surface area contributed by atoms with Crippen molar-refractivity contribution in [2.45, 2.75) is 19.4 Å². The van der Waals surface area contributed by atoms with Gasteiger partial charge >= 0.3 is 5.97 Å². The summed E-state index contributed by atoms with van der Waals surface area (Å²) in [5.41, 5.74) is 0.729. The number of ether oxygens (including phenoxy) is 1. The number of carbonyl (C=O) groups is 2. The quantitative estimate of drug-likeness (QED) is 0.787. The van der Waals surface area contributed by atoms with Gasteiger partial charge in [0, 0.05) is 37.8 Å². The average Bonchev–Trinajstić information content (AvgIpc) is 2.53. The van der Waals surface area contributed by atoms with Crippen LogP contribution in [0.2, 0.25) is 0 Å². The van der Waals surface area contributed by atoms with Crippen molar-refractivity contribution in [3.05, 3.63) is 35.9 Å². The molecule has 5 heteroatoms. The molecule has 1 unspecified atom stereocenters. The molecule has 0 aromatic heterocycles. The lowest BCUT2D eigenvalue weighted by Gasteiger charge is -2.39. The van der Waals surface area contributed by atoms with Crippen molar-refractivity contribution < 1.29 is 14.3 Å². The highest BCUT2D eigenvalue weighted by Gasteiger charge is 2.28. The van der Waals surface area contributed by atoms with Crippen LogP contribution in [0.3, 0.4) is 0 Å². The highest BCUT2D eigenvalue weighted by Crippen LogP contribution is 2.14. The van der Waals surface area contributed by atoms with E-state index in [1.165, 1.54) is 7.11 Å². The molecule has 21 heavy (non-hydrogen) atoms. The van der Waals surface area contributed by atoms with Gasteiger partial charge in [0.15, 0.2) is 0 Å². The molecule has 5 nitrogen and oxygen atoms in total. The highest BCUT2D eigenvalue weighted by atomic mass is 16.5. The van der Waals surface area contributed by atoms with Crippen LogP contribution in [0.4, 0.5) is 0 Å². The van der Waals surface area contributed by atoms with E-state index < -0.39 is 0 Å². The Kier molecular flexibility index (Phi) is 5.33. The molecule has 1 amide bonds. The molecule has 0 spiro atoms. The predicted octanol–water partition coefficient (Wildman–Crippen LogP) is 1.40. The van der Waals surface area contributed by atoms with E-state index in [1.807, 2.05) is 42.2 Å². The normalized spacial score (nSPS) is 19.3. The van der Waals surface area contributed by atoms with Crippen LogP contribution in [-0.4, -0.2) is 61.0 Å². The number of methoxy groups -OCH3 is 1. The predicted molar refractivity (Wildman–Crippen MR) is 80.0 cm³/mol. The fraction of sp³-hybridized carbons (Fsp3) is 0.500. The molecule has 1 atom stereocenters. The minimum absolute atomic E-state index is 0.0794. The molecule has 0 saturated carbocycles. The van der Waals surface area contributed by atoms with Crippen LogP contribution in [0.1, 0.15) is 23.7 Å². The molecule has 1 saturated heterocycles. The number of benzene rings is 1. The largest absolute Gasteiger partial charge is 0.469 e. The second kappa shape index (κ2) is 7.22. The molecular formula is C16H22N2O3. The number of amides is 1. The van der Waals surface area contributed by atoms with Gasteiger partial charge in [0.25, 0.3) is 5.91 Å². The fourth-order valence-electron chi connectivity index (χ4n) is 2.64. The third-order valence-electron chi connectivity index (χ3n) is 3.85. The van der Waals surface area contributed by atoms with Gasteiger partial charge in [-0.2, -0.15) is 0 Å². The SMILES string of the molecule is COC(=O)CCN1CCN(C(=O)c2ccccc2)C(C)C1. The molecule has 2 rings (SSSR count). The maximum Gasteiger partial charge on any atom is 0.306 e. The van der Waals surface area contributed by atoms with Crippen LogP contribution < -0.4 is 0 Å². The minimum atomic E-state index is -0.189. The van der Waals surface area contributed by atoms with E-state index in [-0.39, 0.29) is 17.9 Å². The Labute approximate surface area is 125 Å². The summed E-state index contributed by atoms with van der Waals surface area (Å²) in [6.45, 7) is 5.00. The fourth-order valence-corrected chi connectivity index (χ4v) is 2.64. The molecule has 1 aliphatic heterocycles. The molecule has 114 valence electrons. The van der Waals surface area contributed by atoms with Crippen molar-refractivity contribution in [3.63, 3.8) is 0 Å². The molecule has 1 fully saturated rings. The lowest BCUT2D eigenvalue weighted by molar-refractivity contribution is -0.141. The minimum Gasteiger partial charge on any atom is -0.469 e. The Balaban J connectivity index is 1.89. The number of nitrogens with zero attached hydrogens (tertiary/aromatic N) is 2. The van der Waals surface area contributed by atoms with Crippen molar-refractivity contribution in [3.8, 4) is 0 Å². The Morgan fingerprint density at radius 3 is 2.57 bits per heavy atom. The first-order valence-corrected chi connectivity index (χ1v) is 7.27. The van der Waals surface area contributed by atoms with Crippen LogP contribution in [0.25, 0.3) is 0 Å². The zero-order valence-electron chi connectivity index (χ0n) is 12.6. The van der Waals surface area contributed by atoms with Gasteiger partial charge in [-0.25, -0.2) is 0 Å². The van der Waals surface area contributed by atoms with Gasteiger partial charge in [0.05, 0.1) is 13.5 Å². The molecule has 0 N–H and O–H groups in total. The van der Waals surface area contributed by atoms with Crippen LogP contribution >= 0.6 is 0 Å². The Morgan fingerprint density at radius 2 is 1.95 bits per heavy atom. The van der Waals surface area contributed by atoms with Crippen molar-refractivity contribution >= 4 is 11.9 Å². The second-order valence-corrected chi connectivity index (χ2v) is 5.34. The Hall–Kier alpha value is -1.88. The number of hydrogen-bond acceptors (Lipinski definition) is 4. The van der Waals surface area contributed by atoms with E-state index in [9.17, 15) is 9.59 Å². The number of piperazine rings is 1. The van der Waals surface area contributed by atoms with Crippen molar-refractivity contribution in [2.24, 2.45) is 0 Å². The lowest BCUT2D eigenvalue weighted by Crippen LogP contribution is -2.54. The van der Waals surface area contributed by atoms with Crippen molar-refractivity contribution in [1.82, 2.24) is 9.80 Å². The molecule has 0 bridgehead atoms. The van der Waals surface area contributed by atoms with E-state index in [1.54, 1.807) is 0 Å². The molecule has 1 aromatic carbocycles. The number of hydrogen-bond donors (Lipinski definition) is 0. The van der Waals surface area contributed by atoms with E-state index in [4.69, 9.17) is 0 Å². The van der Waals surface area contributed by atoms with Crippen LogP contribution in [-0.2, 0) is 9.53 Å². The summed E-state index contributed by atoms with van der Waals surface area (Å²) in [6.07, 6.45) is 0.399. The third-order valence-corrected chi connectivity index (χ3v) is 3.85. The molecule has 1 heterocycles. The molecule has 1 aliphatic rings. The first-order valence-electron chi connectivity index (χ1n) is 7.27. The Morgan fingerprint density at radius 1 is 1.24 bits per heavy atom. The van der Waals surface area contributed by atoms with Gasteiger partial charge in [-0.1, -0.05) is 18.2 Å². The van der Waals surface area contributed by atoms with E-state index in [0.29, 0.717) is 19.5 Å². The molecule has 0 radical (unpaired) electrons.